The quantitative estimate of drug-likeness (QED) is 0.329. The van der Waals surface area contributed by atoms with Gasteiger partial charge in [0.15, 0.2) is 11.5 Å². The molecule has 0 saturated carbocycles. The minimum absolute atomic E-state index is 0.190. The van der Waals surface area contributed by atoms with Crippen molar-refractivity contribution in [2.24, 2.45) is 0 Å². The van der Waals surface area contributed by atoms with E-state index >= 15 is 0 Å². The van der Waals surface area contributed by atoms with Gasteiger partial charge in [0.2, 0.25) is 5.95 Å². The van der Waals surface area contributed by atoms with E-state index in [1.165, 1.54) is 0 Å². The average molecular weight is 533 g/mol. The Hall–Kier alpha value is -4.19. The van der Waals surface area contributed by atoms with Crippen LogP contribution in [-0.2, 0) is 12.1 Å². The van der Waals surface area contributed by atoms with Gasteiger partial charge in [0, 0.05) is 18.3 Å². The summed E-state index contributed by atoms with van der Waals surface area (Å²) in [4.78, 5) is 21.1. The number of nitrogens with one attached hydrogen (secondary N) is 3. The fourth-order valence-corrected chi connectivity index (χ4v) is 4.44. The Labute approximate surface area is 226 Å². The third-order valence-electron chi connectivity index (χ3n) is 6.75. The van der Waals surface area contributed by atoms with Gasteiger partial charge in [-0.15, -0.1) is 5.10 Å². The number of nitrogens with zero attached hydrogens (tertiary/aromatic N) is 7. The maximum Gasteiger partial charge on any atom is 0.273 e. The molecule has 204 valence electrons. The number of halogens is 1. The molecule has 39 heavy (non-hydrogen) atoms. The summed E-state index contributed by atoms with van der Waals surface area (Å²) < 4.78 is 18.4. The molecule has 0 spiro atoms. The second-order valence-corrected chi connectivity index (χ2v) is 10.7. The van der Waals surface area contributed by atoms with Crippen LogP contribution in [-0.4, -0.2) is 53.7 Å². The van der Waals surface area contributed by atoms with E-state index in [2.05, 4.69) is 41.3 Å². The van der Waals surface area contributed by atoms with Gasteiger partial charge in [0.1, 0.15) is 5.69 Å². The van der Waals surface area contributed by atoms with E-state index in [0.717, 1.165) is 48.9 Å². The van der Waals surface area contributed by atoms with Crippen LogP contribution in [0.15, 0.2) is 43.0 Å². The zero-order valence-corrected chi connectivity index (χ0v) is 22.6. The molecule has 11 nitrogen and oxygen atoms in total. The smallest absolute Gasteiger partial charge is 0.273 e. The van der Waals surface area contributed by atoms with Gasteiger partial charge in [0.05, 0.1) is 35.9 Å². The van der Waals surface area contributed by atoms with Crippen LogP contribution in [0.1, 0.15) is 61.3 Å². The van der Waals surface area contributed by atoms with Gasteiger partial charge in [-0.1, -0.05) is 17.3 Å². The van der Waals surface area contributed by atoms with Gasteiger partial charge < -0.3 is 16.0 Å². The highest BCUT2D eigenvalue weighted by Crippen LogP contribution is 2.26. The number of aromatic nitrogens is 7. The van der Waals surface area contributed by atoms with E-state index in [1.807, 2.05) is 50.7 Å². The first-order chi connectivity index (χ1) is 18.7. The maximum absolute atomic E-state index is 14.8. The molecule has 5 rings (SSSR count). The molecule has 1 fully saturated rings. The Morgan fingerprint density at radius 2 is 1.97 bits per heavy atom. The van der Waals surface area contributed by atoms with E-state index in [4.69, 9.17) is 0 Å². The Bertz CT molecular complexity index is 1470. The predicted molar refractivity (Wildman–Crippen MR) is 145 cm³/mol. The zero-order chi connectivity index (χ0) is 27.6. The molecule has 0 aliphatic carbocycles. The number of hydrogen-bond donors (Lipinski definition) is 3. The number of rotatable bonds is 7. The molecule has 0 bridgehead atoms. The molecule has 1 aliphatic heterocycles. The van der Waals surface area contributed by atoms with Crippen molar-refractivity contribution >= 4 is 17.5 Å². The number of anilines is 2. The average Bonchev–Trinajstić information content (AvgIpc) is 3.60. The lowest BCUT2D eigenvalue weighted by Crippen LogP contribution is -2.29. The maximum atomic E-state index is 14.8. The van der Waals surface area contributed by atoms with E-state index < -0.39 is 5.82 Å². The highest BCUT2D eigenvalue weighted by atomic mass is 19.1. The molecule has 3 N–H and O–H groups in total. The molecule has 4 heterocycles. The molecule has 4 aromatic rings. The predicted octanol–water partition coefficient (Wildman–Crippen LogP) is 3.73. The molecule has 1 aliphatic rings. The van der Waals surface area contributed by atoms with Gasteiger partial charge in [-0.25, -0.2) is 19.0 Å². The molecule has 1 aromatic carbocycles. The number of benzene rings is 1. The van der Waals surface area contributed by atoms with Gasteiger partial charge >= 0.3 is 0 Å². The number of hydrogen-bond acceptors (Lipinski definition) is 8. The zero-order valence-electron chi connectivity index (χ0n) is 22.6. The van der Waals surface area contributed by atoms with Crippen molar-refractivity contribution in [3.8, 4) is 11.3 Å². The number of amides is 1. The van der Waals surface area contributed by atoms with Gasteiger partial charge in [-0.2, -0.15) is 5.10 Å². The highest BCUT2D eigenvalue weighted by molar-refractivity contribution is 5.91. The first-order valence-corrected chi connectivity index (χ1v) is 13.0. The number of carbonyl (C=O) groups excluding carboxylic acids is 1. The van der Waals surface area contributed by atoms with Crippen LogP contribution in [0.3, 0.4) is 0 Å². The van der Waals surface area contributed by atoms with Gasteiger partial charge in [-0.05, 0) is 70.8 Å². The van der Waals surface area contributed by atoms with E-state index in [9.17, 15) is 9.18 Å². The molecule has 0 atom stereocenters. The van der Waals surface area contributed by atoms with Crippen molar-refractivity contribution in [2.45, 2.75) is 58.7 Å². The second kappa shape index (κ2) is 10.9. The summed E-state index contributed by atoms with van der Waals surface area (Å²) in [5, 5.41) is 21.9. The lowest BCUT2D eigenvalue weighted by Gasteiger charge is -2.22. The lowest BCUT2D eigenvalue weighted by atomic mass is 10.0. The Kier molecular flexibility index (Phi) is 7.38. The first kappa shape index (κ1) is 26.4. The molecule has 1 amide bonds. The first-order valence-electron chi connectivity index (χ1n) is 13.0. The third kappa shape index (κ3) is 6.11. The summed E-state index contributed by atoms with van der Waals surface area (Å²) in [5.41, 5.74) is 3.33. The van der Waals surface area contributed by atoms with Crippen molar-refractivity contribution in [3.63, 3.8) is 0 Å². The van der Waals surface area contributed by atoms with Crippen molar-refractivity contribution in [1.29, 1.82) is 0 Å². The van der Waals surface area contributed by atoms with Crippen molar-refractivity contribution in [1.82, 2.24) is 45.4 Å². The minimum atomic E-state index is -0.520. The highest BCUT2D eigenvalue weighted by Gasteiger charge is 2.19. The van der Waals surface area contributed by atoms with E-state index in [-0.39, 0.29) is 28.8 Å². The van der Waals surface area contributed by atoms with Gasteiger partial charge in [0.25, 0.3) is 5.91 Å². The van der Waals surface area contributed by atoms with Crippen molar-refractivity contribution in [2.75, 3.05) is 18.4 Å². The SMILES string of the molecule is Cc1cc(-c2nc(Nc3cnn(C4CCNCC4)c3)ncc2F)ccc1CNC(=O)c1cn(C(C)(C)C)nn1. The van der Waals surface area contributed by atoms with Crippen LogP contribution in [0, 0.1) is 12.7 Å². The Balaban J connectivity index is 1.26. The monoisotopic (exact) mass is 532 g/mol. The summed E-state index contributed by atoms with van der Waals surface area (Å²) in [5.74, 6) is -0.545. The molecule has 0 unspecified atom stereocenters. The van der Waals surface area contributed by atoms with Crippen LogP contribution in [0.4, 0.5) is 16.0 Å². The molecule has 1 saturated heterocycles. The second-order valence-electron chi connectivity index (χ2n) is 10.7. The van der Waals surface area contributed by atoms with Crippen LogP contribution in [0.25, 0.3) is 11.3 Å². The van der Waals surface area contributed by atoms with E-state index in [1.54, 1.807) is 23.1 Å². The third-order valence-corrected chi connectivity index (χ3v) is 6.75. The molecular weight excluding hydrogens is 499 g/mol. The summed E-state index contributed by atoms with van der Waals surface area (Å²) in [6, 6.07) is 5.85. The number of carbonyl (C=O) groups is 1. The number of aryl methyl sites for hydroxylation is 1. The summed E-state index contributed by atoms with van der Waals surface area (Å²) >= 11 is 0. The molecular formula is C27H33FN10O. The fourth-order valence-electron chi connectivity index (χ4n) is 4.44. The minimum Gasteiger partial charge on any atom is -0.347 e. The Morgan fingerprint density at radius 3 is 2.69 bits per heavy atom. The van der Waals surface area contributed by atoms with Crippen LogP contribution in [0.2, 0.25) is 0 Å². The summed E-state index contributed by atoms with van der Waals surface area (Å²) in [6.07, 6.45) is 8.50. The molecule has 3 aromatic heterocycles. The fraction of sp³-hybridized carbons (Fsp3) is 0.407. The summed E-state index contributed by atoms with van der Waals surface area (Å²) in [7, 11) is 0. The topological polar surface area (TPSA) is 127 Å². The largest absolute Gasteiger partial charge is 0.347 e. The normalized spacial score (nSPS) is 14.4. The van der Waals surface area contributed by atoms with Crippen molar-refractivity contribution in [3.05, 3.63) is 65.6 Å². The summed E-state index contributed by atoms with van der Waals surface area (Å²) in [6.45, 7) is 10.1. The van der Waals surface area contributed by atoms with E-state index in [0.29, 0.717) is 18.2 Å². The van der Waals surface area contributed by atoms with Crippen LogP contribution in [0.5, 0.6) is 0 Å². The Morgan fingerprint density at radius 1 is 1.18 bits per heavy atom. The molecule has 0 radical (unpaired) electrons. The van der Waals surface area contributed by atoms with Crippen LogP contribution >= 0.6 is 0 Å². The van der Waals surface area contributed by atoms with Crippen LogP contribution < -0.4 is 16.0 Å². The molecule has 12 heteroatoms. The standard InChI is InChI=1S/C27H33FN10O/c1-17-11-18(5-6-19(17)12-30-25(39)23-16-38(36-35-23)27(2,3)4)24-22(28)14-31-26(34-24)33-20-13-32-37(15-20)21-7-9-29-10-8-21/h5-6,11,13-16,21,29H,7-10,12H2,1-4H3,(H,30,39)(H,31,33,34). The number of piperidine rings is 1. The van der Waals surface area contributed by atoms with Gasteiger partial charge in [-0.3, -0.25) is 9.48 Å². The lowest BCUT2D eigenvalue weighted by molar-refractivity contribution is 0.0945. The van der Waals surface area contributed by atoms with Crippen molar-refractivity contribution < 1.29 is 9.18 Å².